The molecule has 1 aliphatic rings. The first-order chi connectivity index (χ1) is 12.4. The third-order valence-electron chi connectivity index (χ3n) is 4.20. The van der Waals surface area contributed by atoms with Crippen LogP contribution in [0.15, 0.2) is 30.5 Å². The van der Waals surface area contributed by atoms with Crippen LogP contribution in [0.4, 0.5) is 0 Å². The maximum atomic E-state index is 12.7. The number of piperidine rings is 1. The lowest BCUT2D eigenvalue weighted by Crippen LogP contribution is -2.52. The van der Waals surface area contributed by atoms with Crippen molar-refractivity contribution in [1.29, 1.82) is 0 Å². The number of hydrogen-bond acceptors (Lipinski definition) is 4. The van der Waals surface area contributed by atoms with E-state index in [0.29, 0.717) is 10.6 Å². The van der Waals surface area contributed by atoms with E-state index in [-0.39, 0.29) is 24.7 Å². The third kappa shape index (κ3) is 3.62. The summed E-state index contributed by atoms with van der Waals surface area (Å²) in [7, 11) is 0. The first-order valence-electron chi connectivity index (χ1n) is 8.35. The zero-order chi connectivity index (χ0) is 18.8. The lowest BCUT2D eigenvalue weighted by Gasteiger charge is -2.22. The van der Waals surface area contributed by atoms with Crippen LogP contribution in [0.25, 0.3) is 5.69 Å². The normalized spacial score (nSPS) is 17.3. The number of aromatic nitrogens is 2. The van der Waals surface area contributed by atoms with E-state index in [2.05, 4.69) is 15.7 Å². The largest absolute Gasteiger partial charge is 0.340 e. The molecule has 3 amide bonds. The van der Waals surface area contributed by atoms with E-state index in [1.807, 2.05) is 26.0 Å². The predicted octanol–water partition coefficient (Wildman–Crippen LogP) is 2.18. The summed E-state index contributed by atoms with van der Waals surface area (Å²) < 4.78 is 1.68. The monoisotopic (exact) mass is 374 g/mol. The molecule has 3 rings (SSSR count). The lowest BCUT2D eigenvalue weighted by molar-refractivity contribution is -0.134. The van der Waals surface area contributed by atoms with Crippen LogP contribution < -0.4 is 10.6 Å². The topological polar surface area (TPSA) is 93.1 Å². The molecule has 8 heteroatoms. The highest BCUT2D eigenvalue weighted by Crippen LogP contribution is 2.24. The number of carbonyl (C=O) groups excluding carboxylic acids is 3. The quantitative estimate of drug-likeness (QED) is 0.802. The average molecular weight is 375 g/mol. The van der Waals surface area contributed by atoms with Gasteiger partial charge in [-0.1, -0.05) is 31.5 Å². The number of carbonyl (C=O) groups is 3. The summed E-state index contributed by atoms with van der Waals surface area (Å²) in [5.41, 5.74) is 1.86. The minimum atomic E-state index is -0.727. The van der Waals surface area contributed by atoms with Gasteiger partial charge in [-0.25, -0.2) is 4.68 Å². The Bertz CT molecular complexity index is 875. The fraction of sp³-hybridized carbons (Fsp3) is 0.333. The Labute approximate surface area is 155 Å². The second-order valence-electron chi connectivity index (χ2n) is 6.47. The molecule has 7 nitrogen and oxygen atoms in total. The van der Waals surface area contributed by atoms with Gasteiger partial charge in [0.2, 0.25) is 11.8 Å². The van der Waals surface area contributed by atoms with Crippen LogP contribution in [-0.2, 0) is 9.59 Å². The first kappa shape index (κ1) is 18.1. The van der Waals surface area contributed by atoms with Crippen molar-refractivity contribution in [1.82, 2.24) is 20.4 Å². The van der Waals surface area contributed by atoms with Crippen molar-refractivity contribution in [2.24, 2.45) is 0 Å². The summed E-state index contributed by atoms with van der Waals surface area (Å²) >= 11 is 6.06. The van der Waals surface area contributed by atoms with E-state index in [1.165, 1.54) is 6.20 Å². The van der Waals surface area contributed by atoms with Crippen LogP contribution >= 0.6 is 11.6 Å². The third-order valence-corrected chi connectivity index (χ3v) is 4.43. The van der Waals surface area contributed by atoms with Gasteiger partial charge in [-0.3, -0.25) is 19.7 Å². The Hall–Kier alpha value is -2.67. The van der Waals surface area contributed by atoms with Crippen LogP contribution in [0, 0.1) is 0 Å². The molecule has 0 unspecified atom stereocenters. The summed E-state index contributed by atoms with van der Waals surface area (Å²) in [6.45, 7) is 3.92. The number of amides is 3. The fourth-order valence-electron chi connectivity index (χ4n) is 2.97. The average Bonchev–Trinajstić information content (AvgIpc) is 3.03. The minimum absolute atomic E-state index is 0.0130. The summed E-state index contributed by atoms with van der Waals surface area (Å²) in [6.07, 6.45) is 1.98. The molecule has 0 aliphatic carbocycles. The highest BCUT2D eigenvalue weighted by Gasteiger charge is 2.30. The van der Waals surface area contributed by atoms with Crippen molar-refractivity contribution in [2.75, 3.05) is 0 Å². The van der Waals surface area contributed by atoms with Crippen LogP contribution in [0.2, 0.25) is 5.02 Å². The van der Waals surface area contributed by atoms with Gasteiger partial charge in [0.05, 0.1) is 23.1 Å². The van der Waals surface area contributed by atoms with Gasteiger partial charge in [-0.2, -0.15) is 5.10 Å². The van der Waals surface area contributed by atoms with E-state index in [0.717, 1.165) is 11.4 Å². The Morgan fingerprint density at radius 1 is 1.38 bits per heavy atom. The van der Waals surface area contributed by atoms with Crippen LogP contribution in [-0.4, -0.2) is 33.5 Å². The smallest absolute Gasteiger partial charge is 0.255 e. The zero-order valence-corrected chi connectivity index (χ0v) is 15.2. The van der Waals surface area contributed by atoms with E-state index in [4.69, 9.17) is 11.6 Å². The van der Waals surface area contributed by atoms with E-state index < -0.39 is 17.9 Å². The maximum absolute atomic E-state index is 12.7. The number of nitrogens with one attached hydrogen (secondary N) is 2. The summed E-state index contributed by atoms with van der Waals surface area (Å²) in [5.74, 6) is -1.18. The molecular formula is C18H19ClN4O3. The second-order valence-corrected chi connectivity index (χ2v) is 6.90. The molecule has 2 heterocycles. The van der Waals surface area contributed by atoms with E-state index >= 15 is 0 Å². The summed E-state index contributed by atoms with van der Waals surface area (Å²) in [6, 6.07) is 6.47. The van der Waals surface area contributed by atoms with Crippen LogP contribution in [0.5, 0.6) is 0 Å². The van der Waals surface area contributed by atoms with Crippen molar-refractivity contribution in [2.45, 2.75) is 38.6 Å². The molecule has 0 saturated carbocycles. The van der Waals surface area contributed by atoms with Crippen molar-refractivity contribution < 1.29 is 14.4 Å². The predicted molar refractivity (Wildman–Crippen MR) is 96.3 cm³/mol. The Morgan fingerprint density at radius 3 is 2.81 bits per heavy atom. The Kier molecular flexibility index (Phi) is 5.08. The molecular weight excluding hydrogens is 356 g/mol. The molecule has 2 aromatic rings. The van der Waals surface area contributed by atoms with Crippen LogP contribution in [0.1, 0.15) is 48.7 Å². The number of benzene rings is 1. The molecule has 1 aromatic heterocycles. The van der Waals surface area contributed by atoms with Gasteiger partial charge in [0.15, 0.2) is 0 Å². The van der Waals surface area contributed by atoms with Gasteiger partial charge in [0.1, 0.15) is 6.04 Å². The summed E-state index contributed by atoms with van der Waals surface area (Å²) in [5, 5.41) is 9.84. The Balaban J connectivity index is 1.89. The van der Waals surface area contributed by atoms with Gasteiger partial charge >= 0.3 is 0 Å². The molecule has 1 atom stereocenters. The number of nitrogens with zero attached hydrogens (tertiary/aromatic N) is 2. The summed E-state index contributed by atoms with van der Waals surface area (Å²) in [4.78, 5) is 35.8. The highest BCUT2D eigenvalue weighted by molar-refractivity contribution is 6.30. The molecule has 1 aromatic carbocycles. The van der Waals surface area contributed by atoms with Gasteiger partial charge in [-0.05, 0) is 30.5 Å². The SMILES string of the molecule is CC(C)c1c(C(=O)N[C@@H]2CCC(=O)NC2=O)cnn1-c1cccc(Cl)c1. The molecule has 0 spiro atoms. The number of halogens is 1. The molecule has 136 valence electrons. The minimum Gasteiger partial charge on any atom is -0.340 e. The number of hydrogen-bond donors (Lipinski definition) is 2. The van der Waals surface area contributed by atoms with Gasteiger partial charge in [-0.15, -0.1) is 0 Å². The Morgan fingerprint density at radius 2 is 2.15 bits per heavy atom. The number of imide groups is 1. The lowest BCUT2D eigenvalue weighted by atomic mass is 10.0. The van der Waals surface area contributed by atoms with E-state index in [9.17, 15) is 14.4 Å². The standard InChI is InChI=1S/C18H19ClN4O3/c1-10(2)16-13(9-20-23(16)12-5-3-4-11(19)8-12)17(25)21-14-6-7-15(24)22-18(14)26/h3-5,8-10,14H,6-7H2,1-2H3,(H,21,25)(H,22,24,26)/t14-/m1/s1. The van der Waals surface area contributed by atoms with Crippen molar-refractivity contribution in [3.8, 4) is 5.69 Å². The van der Waals surface area contributed by atoms with Crippen molar-refractivity contribution in [3.05, 3.63) is 46.7 Å². The molecule has 2 N–H and O–H groups in total. The van der Waals surface area contributed by atoms with Gasteiger partial charge in [0, 0.05) is 11.4 Å². The molecule has 0 radical (unpaired) electrons. The first-order valence-corrected chi connectivity index (χ1v) is 8.73. The highest BCUT2D eigenvalue weighted by atomic mass is 35.5. The molecule has 26 heavy (non-hydrogen) atoms. The van der Waals surface area contributed by atoms with Gasteiger partial charge in [0.25, 0.3) is 5.91 Å². The number of rotatable bonds is 4. The fourth-order valence-corrected chi connectivity index (χ4v) is 3.15. The molecule has 1 fully saturated rings. The molecule has 1 aliphatic heterocycles. The van der Waals surface area contributed by atoms with E-state index in [1.54, 1.807) is 16.8 Å². The molecule has 0 bridgehead atoms. The van der Waals surface area contributed by atoms with Gasteiger partial charge < -0.3 is 5.32 Å². The zero-order valence-electron chi connectivity index (χ0n) is 14.5. The molecule has 1 saturated heterocycles. The van der Waals surface area contributed by atoms with Crippen molar-refractivity contribution >= 4 is 29.3 Å². The van der Waals surface area contributed by atoms with Crippen molar-refractivity contribution in [3.63, 3.8) is 0 Å². The second kappa shape index (κ2) is 7.29. The van der Waals surface area contributed by atoms with Crippen LogP contribution in [0.3, 0.4) is 0 Å². The maximum Gasteiger partial charge on any atom is 0.255 e.